The third-order valence-corrected chi connectivity index (χ3v) is 3.13. The summed E-state index contributed by atoms with van der Waals surface area (Å²) < 4.78 is 6.21. The third kappa shape index (κ3) is 2.64. The van der Waals surface area contributed by atoms with Crippen molar-refractivity contribution in [3.05, 3.63) is 23.7 Å². The molecule has 2 rings (SSSR count). The normalized spacial score (nSPS) is 10.5. The molecule has 0 aliphatic rings. The number of methoxy groups -OCH3 is 1. The summed E-state index contributed by atoms with van der Waals surface area (Å²) in [5.74, 6) is 0.620. The van der Waals surface area contributed by atoms with Crippen LogP contribution in [0.5, 0.6) is 0 Å². The molecule has 2 aromatic rings. The number of ether oxygens (including phenoxy) is 1. The molecule has 0 saturated carbocycles. The minimum atomic E-state index is -0.528. The van der Waals surface area contributed by atoms with Crippen LogP contribution in [0, 0.1) is 6.92 Å². The van der Waals surface area contributed by atoms with E-state index in [1.54, 1.807) is 6.07 Å². The van der Waals surface area contributed by atoms with Gasteiger partial charge in [0.25, 0.3) is 0 Å². The van der Waals surface area contributed by atoms with Gasteiger partial charge in [0.05, 0.1) is 7.11 Å². The van der Waals surface area contributed by atoms with Crippen LogP contribution in [-0.2, 0) is 4.74 Å². The molecule has 0 saturated heterocycles. The lowest BCUT2D eigenvalue weighted by Crippen LogP contribution is -2.19. The van der Waals surface area contributed by atoms with Crippen molar-refractivity contribution >= 4 is 17.6 Å². The minimum Gasteiger partial charge on any atom is -0.465 e. The number of carbonyl (C=O) groups is 1. The first-order valence-electron chi connectivity index (χ1n) is 6.46. The number of hydrogen-bond donors (Lipinski definition) is 1. The van der Waals surface area contributed by atoms with Crippen LogP contribution in [0.3, 0.4) is 0 Å². The molecule has 0 spiro atoms. The topological polar surface area (TPSA) is 99.2 Å². The van der Waals surface area contributed by atoms with Crippen molar-refractivity contribution in [3.63, 3.8) is 0 Å². The predicted molar refractivity (Wildman–Crippen MR) is 78.6 cm³/mol. The van der Waals surface area contributed by atoms with Gasteiger partial charge in [-0.3, -0.25) is 0 Å². The molecule has 2 aromatic heterocycles. The zero-order chi connectivity index (χ0) is 15.6. The summed E-state index contributed by atoms with van der Waals surface area (Å²) in [5.41, 5.74) is 7.08. The van der Waals surface area contributed by atoms with Crippen LogP contribution >= 0.6 is 0 Å². The van der Waals surface area contributed by atoms with Crippen LogP contribution < -0.4 is 10.6 Å². The second-order valence-corrected chi connectivity index (χ2v) is 4.52. The maximum atomic E-state index is 12.0. The van der Waals surface area contributed by atoms with Crippen molar-refractivity contribution in [3.8, 4) is 5.82 Å². The Morgan fingerprint density at radius 2 is 2.19 bits per heavy atom. The zero-order valence-corrected chi connectivity index (χ0v) is 12.5. The zero-order valence-electron chi connectivity index (χ0n) is 12.5. The highest BCUT2D eigenvalue weighted by molar-refractivity contribution is 6.00. The fraction of sp³-hybridized carbons (Fsp3) is 0.385. The molecule has 0 aromatic carbocycles. The Morgan fingerprint density at radius 1 is 1.48 bits per heavy atom. The molecule has 21 heavy (non-hydrogen) atoms. The van der Waals surface area contributed by atoms with Crippen LogP contribution in [0.2, 0.25) is 0 Å². The molecule has 2 N–H and O–H groups in total. The smallest absolute Gasteiger partial charge is 0.345 e. The molecule has 0 atom stereocenters. The number of rotatable bonds is 4. The van der Waals surface area contributed by atoms with Crippen molar-refractivity contribution in [2.75, 3.05) is 31.3 Å². The largest absolute Gasteiger partial charge is 0.465 e. The van der Waals surface area contributed by atoms with Gasteiger partial charge in [0.15, 0.2) is 11.6 Å². The van der Waals surface area contributed by atoms with Crippen LogP contribution in [0.1, 0.15) is 23.0 Å². The number of aromatic nitrogens is 4. The highest BCUT2D eigenvalue weighted by atomic mass is 16.5. The second kappa shape index (κ2) is 5.78. The lowest BCUT2D eigenvalue weighted by Gasteiger charge is -2.14. The third-order valence-electron chi connectivity index (χ3n) is 3.13. The van der Waals surface area contributed by atoms with Crippen molar-refractivity contribution < 1.29 is 9.53 Å². The number of hydrogen-bond acceptors (Lipinski definition) is 7. The molecule has 0 unspecified atom stereocenters. The second-order valence-electron chi connectivity index (χ2n) is 4.52. The van der Waals surface area contributed by atoms with Gasteiger partial charge in [-0.1, -0.05) is 0 Å². The molecule has 0 aliphatic carbocycles. The summed E-state index contributed by atoms with van der Waals surface area (Å²) in [6.45, 7) is 4.46. The van der Waals surface area contributed by atoms with E-state index in [0.717, 1.165) is 5.69 Å². The Morgan fingerprint density at radius 3 is 2.76 bits per heavy atom. The average molecular weight is 290 g/mol. The highest BCUT2D eigenvalue weighted by Gasteiger charge is 2.26. The van der Waals surface area contributed by atoms with Crippen molar-refractivity contribution in [2.45, 2.75) is 13.8 Å². The lowest BCUT2D eigenvalue weighted by atomic mass is 10.3. The molecule has 8 nitrogen and oxygen atoms in total. The molecule has 0 aliphatic heterocycles. The number of aryl methyl sites for hydroxylation is 1. The number of nitrogens with zero attached hydrogens (tertiary/aromatic N) is 5. The fourth-order valence-electron chi connectivity index (χ4n) is 1.86. The van der Waals surface area contributed by atoms with E-state index >= 15 is 0 Å². The number of nitrogen functional groups attached to an aromatic ring is 1. The SMILES string of the molecule is CCN(C)c1nn(-c2cc(C)ncn2)c(N)c1C(=O)OC. The standard InChI is InChI=1S/C13H18N6O2/c1-5-18(3)12-10(13(20)21-4)11(14)19(17-12)9-6-8(2)15-7-16-9/h6-7H,5,14H2,1-4H3. The maximum absolute atomic E-state index is 12.0. The summed E-state index contributed by atoms with van der Waals surface area (Å²) in [4.78, 5) is 22.0. The van der Waals surface area contributed by atoms with Gasteiger partial charge in [-0.05, 0) is 13.8 Å². The Bertz CT molecular complexity index is 667. The van der Waals surface area contributed by atoms with Crippen LogP contribution in [0.4, 0.5) is 11.6 Å². The summed E-state index contributed by atoms with van der Waals surface area (Å²) in [7, 11) is 3.13. The van der Waals surface area contributed by atoms with Crippen molar-refractivity contribution in [1.29, 1.82) is 0 Å². The van der Waals surface area contributed by atoms with E-state index in [0.29, 0.717) is 18.2 Å². The van der Waals surface area contributed by atoms with E-state index in [9.17, 15) is 4.79 Å². The summed E-state index contributed by atoms with van der Waals surface area (Å²) in [5, 5.41) is 4.39. The molecule has 2 heterocycles. The quantitative estimate of drug-likeness (QED) is 0.831. The van der Waals surface area contributed by atoms with Gasteiger partial charge in [-0.15, -0.1) is 5.10 Å². The van der Waals surface area contributed by atoms with Gasteiger partial charge in [-0.2, -0.15) is 4.68 Å². The van der Waals surface area contributed by atoms with Crippen LogP contribution in [0.25, 0.3) is 5.82 Å². The molecule has 0 radical (unpaired) electrons. The molecular weight excluding hydrogens is 272 g/mol. The van der Waals surface area contributed by atoms with Crippen LogP contribution in [-0.4, -0.2) is 46.4 Å². The maximum Gasteiger partial charge on any atom is 0.345 e. The van der Waals surface area contributed by atoms with Gasteiger partial charge in [0.2, 0.25) is 0 Å². The highest BCUT2D eigenvalue weighted by Crippen LogP contribution is 2.27. The average Bonchev–Trinajstić information content (AvgIpc) is 2.83. The van der Waals surface area contributed by atoms with Gasteiger partial charge < -0.3 is 15.4 Å². The van der Waals surface area contributed by atoms with Gasteiger partial charge in [-0.25, -0.2) is 14.8 Å². The van der Waals surface area contributed by atoms with E-state index in [1.807, 2.05) is 25.8 Å². The first kappa shape index (κ1) is 14.8. The fourth-order valence-corrected chi connectivity index (χ4v) is 1.86. The monoisotopic (exact) mass is 290 g/mol. The molecule has 0 fully saturated rings. The molecule has 0 bridgehead atoms. The summed E-state index contributed by atoms with van der Waals surface area (Å²) in [6.07, 6.45) is 1.42. The van der Waals surface area contributed by atoms with Gasteiger partial charge in [0.1, 0.15) is 17.7 Å². The Hall–Kier alpha value is -2.64. The first-order chi connectivity index (χ1) is 9.99. The minimum absolute atomic E-state index is 0.190. The number of anilines is 2. The molecule has 112 valence electrons. The molecular formula is C13H18N6O2. The van der Waals surface area contributed by atoms with Crippen LogP contribution in [0.15, 0.2) is 12.4 Å². The van der Waals surface area contributed by atoms with E-state index in [2.05, 4.69) is 15.1 Å². The summed E-state index contributed by atoms with van der Waals surface area (Å²) in [6, 6.07) is 1.74. The Labute approximate surface area is 122 Å². The van der Waals surface area contributed by atoms with E-state index in [1.165, 1.54) is 18.1 Å². The Balaban J connectivity index is 2.63. The van der Waals surface area contributed by atoms with E-state index in [-0.39, 0.29) is 11.4 Å². The number of carbonyl (C=O) groups excluding carboxylic acids is 1. The van der Waals surface area contributed by atoms with Gasteiger partial charge in [0, 0.05) is 25.4 Å². The first-order valence-corrected chi connectivity index (χ1v) is 6.46. The van der Waals surface area contributed by atoms with Gasteiger partial charge >= 0.3 is 5.97 Å². The number of esters is 1. The van der Waals surface area contributed by atoms with Crippen molar-refractivity contribution in [1.82, 2.24) is 19.7 Å². The van der Waals surface area contributed by atoms with E-state index < -0.39 is 5.97 Å². The summed E-state index contributed by atoms with van der Waals surface area (Å²) >= 11 is 0. The Kier molecular flexibility index (Phi) is 4.06. The van der Waals surface area contributed by atoms with E-state index in [4.69, 9.17) is 10.5 Å². The molecule has 0 amide bonds. The van der Waals surface area contributed by atoms with Crippen molar-refractivity contribution in [2.24, 2.45) is 0 Å². The molecule has 8 heteroatoms. The number of nitrogens with two attached hydrogens (primary N) is 1. The predicted octanol–water partition coefficient (Wildman–Crippen LogP) is 0.796. The lowest BCUT2D eigenvalue weighted by molar-refractivity contribution is 0.0602.